The molecule has 1 atom stereocenters. The molecule has 0 unspecified atom stereocenters. The van der Waals surface area contributed by atoms with Crippen LogP contribution in [0.2, 0.25) is 10.0 Å². The first-order valence-electron chi connectivity index (χ1n) is 8.15. The quantitative estimate of drug-likeness (QED) is 0.671. The third-order valence-electron chi connectivity index (χ3n) is 3.91. The molecule has 2 aromatic rings. The molecule has 0 amide bonds. The van der Waals surface area contributed by atoms with Crippen molar-refractivity contribution in [2.45, 2.75) is 32.5 Å². The summed E-state index contributed by atoms with van der Waals surface area (Å²) in [5, 5.41) is 13.6. The van der Waals surface area contributed by atoms with Gasteiger partial charge in [0.15, 0.2) is 11.5 Å². The topological polar surface area (TPSA) is 50.7 Å². The Morgan fingerprint density at radius 3 is 2.44 bits per heavy atom. The fourth-order valence-electron chi connectivity index (χ4n) is 2.33. The Bertz CT molecular complexity index is 690. The highest BCUT2D eigenvalue weighted by molar-refractivity contribution is 6.42. The van der Waals surface area contributed by atoms with Gasteiger partial charge in [-0.3, -0.25) is 0 Å². The Hall–Kier alpha value is -1.46. The van der Waals surface area contributed by atoms with E-state index in [2.05, 4.69) is 5.32 Å². The van der Waals surface area contributed by atoms with Crippen LogP contribution in [0.4, 0.5) is 0 Å². The Kier molecular flexibility index (Phi) is 7.85. The minimum absolute atomic E-state index is 0.0941. The number of hydrogen-bond donors (Lipinski definition) is 2. The van der Waals surface area contributed by atoms with Gasteiger partial charge in [0.1, 0.15) is 6.61 Å². The number of ether oxygens (including phenoxy) is 2. The van der Waals surface area contributed by atoms with Gasteiger partial charge in [0.05, 0.1) is 23.8 Å². The number of hydrogen-bond acceptors (Lipinski definition) is 4. The van der Waals surface area contributed by atoms with Crippen molar-refractivity contribution in [3.63, 3.8) is 0 Å². The van der Waals surface area contributed by atoms with Gasteiger partial charge in [-0.05, 0) is 41.8 Å². The van der Waals surface area contributed by atoms with Crippen LogP contribution >= 0.6 is 23.2 Å². The molecule has 2 N–H and O–H groups in total. The zero-order chi connectivity index (χ0) is 18.2. The number of nitrogens with one attached hydrogen (secondary N) is 1. The molecule has 0 aliphatic rings. The minimum atomic E-state index is 0.0941. The number of methoxy groups -OCH3 is 1. The summed E-state index contributed by atoms with van der Waals surface area (Å²) >= 11 is 11.9. The van der Waals surface area contributed by atoms with Crippen LogP contribution in [0.15, 0.2) is 36.4 Å². The van der Waals surface area contributed by atoms with E-state index < -0.39 is 0 Å². The molecule has 0 aliphatic carbocycles. The summed E-state index contributed by atoms with van der Waals surface area (Å²) in [7, 11) is 1.61. The predicted octanol–water partition coefficient (Wildman–Crippen LogP) is 4.44. The maximum absolute atomic E-state index is 9.24. The zero-order valence-corrected chi connectivity index (χ0v) is 15.9. The second-order valence-corrected chi connectivity index (χ2v) is 6.51. The second kappa shape index (κ2) is 9.88. The van der Waals surface area contributed by atoms with Gasteiger partial charge >= 0.3 is 0 Å². The molecule has 0 heterocycles. The largest absolute Gasteiger partial charge is 0.493 e. The molecular weight excluding hydrogens is 361 g/mol. The lowest BCUT2D eigenvalue weighted by molar-refractivity contribution is 0.238. The summed E-state index contributed by atoms with van der Waals surface area (Å²) in [6.45, 7) is 3.18. The Morgan fingerprint density at radius 2 is 1.80 bits per heavy atom. The van der Waals surface area contributed by atoms with Crippen molar-refractivity contribution in [3.05, 3.63) is 57.6 Å². The monoisotopic (exact) mass is 383 g/mol. The molecule has 25 heavy (non-hydrogen) atoms. The van der Waals surface area contributed by atoms with Gasteiger partial charge in [0, 0.05) is 12.6 Å². The molecular formula is C19H23Cl2NO3. The van der Waals surface area contributed by atoms with E-state index >= 15 is 0 Å². The fourth-order valence-corrected chi connectivity index (χ4v) is 2.65. The number of halogens is 2. The number of aliphatic hydroxyl groups excluding tert-OH is 1. The lowest BCUT2D eigenvalue weighted by Gasteiger charge is -2.16. The van der Waals surface area contributed by atoms with E-state index in [1.54, 1.807) is 19.2 Å². The van der Waals surface area contributed by atoms with Gasteiger partial charge in [-0.15, -0.1) is 0 Å². The molecule has 136 valence electrons. The van der Waals surface area contributed by atoms with Crippen molar-refractivity contribution in [2.24, 2.45) is 0 Å². The van der Waals surface area contributed by atoms with Crippen LogP contribution in [0.3, 0.4) is 0 Å². The van der Waals surface area contributed by atoms with Crippen molar-refractivity contribution >= 4 is 23.2 Å². The van der Waals surface area contributed by atoms with Crippen molar-refractivity contribution in [1.29, 1.82) is 0 Å². The van der Waals surface area contributed by atoms with Crippen molar-refractivity contribution < 1.29 is 14.6 Å². The smallest absolute Gasteiger partial charge is 0.161 e. The lowest BCUT2D eigenvalue weighted by atomic mass is 10.1. The molecule has 0 saturated heterocycles. The van der Waals surface area contributed by atoms with Crippen molar-refractivity contribution in [3.8, 4) is 11.5 Å². The molecule has 0 aromatic heterocycles. The van der Waals surface area contributed by atoms with Crippen LogP contribution in [-0.2, 0) is 13.2 Å². The van der Waals surface area contributed by atoms with E-state index in [4.69, 9.17) is 32.7 Å². The van der Waals surface area contributed by atoms with Gasteiger partial charge in [0.25, 0.3) is 0 Å². The van der Waals surface area contributed by atoms with E-state index in [1.165, 1.54) is 0 Å². The van der Waals surface area contributed by atoms with Crippen LogP contribution in [0.25, 0.3) is 0 Å². The van der Waals surface area contributed by atoms with Crippen LogP contribution in [0, 0.1) is 0 Å². The van der Waals surface area contributed by atoms with Crippen molar-refractivity contribution in [1.82, 2.24) is 5.32 Å². The molecule has 0 spiro atoms. The maximum atomic E-state index is 9.24. The molecule has 0 fully saturated rings. The Labute approximate surface area is 158 Å². The average molecular weight is 384 g/mol. The van der Waals surface area contributed by atoms with Crippen LogP contribution < -0.4 is 14.8 Å². The predicted molar refractivity (Wildman–Crippen MR) is 102 cm³/mol. The zero-order valence-electron chi connectivity index (χ0n) is 14.4. The summed E-state index contributed by atoms with van der Waals surface area (Å²) in [4.78, 5) is 0. The lowest BCUT2D eigenvalue weighted by Crippen LogP contribution is -2.31. The second-order valence-electron chi connectivity index (χ2n) is 5.69. The first-order valence-corrected chi connectivity index (χ1v) is 8.90. The molecule has 4 nitrogen and oxygen atoms in total. The molecule has 2 aromatic carbocycles. The standard InChI is InChI=1S/C19H23Cl2NO3/c1-3-15(11-23)22-10-13-5-7-18(19(9-13)24-2)25-12-14-4-6-16(20)17(21)8-14/h4-9,15,22-23H,3,10-12H2,1-2H3/t15-/m1/s1. The van der Waals surface area contributed by atoms with Crippen molar-refractivity contribution in [2.75, 3.05) is 13.7 Å². The van der Waals surface area contributed by atoms with E-state index in [1.807, 2.05) is 31.2 Å². The summed E-state index contributed by atoms with van der Waals surface area (Å²) in [5.41, 5.74) is 1.99. The Morgan fingerprint density at radius 1 is 1.04 bits per heavy atom. The highest BCUT2D eigenvalue weighted by Crippen LogP contribution is 2.30. The molecule has 2 rings (SSSR count). The SMILES string of the molecule is CC[C@H](CO)NCc1ccc(OCc2ccc(Cl)c(Cl)c2)c(OC)c1. The number of benzene rings is 2. The average Bonchev–Trinajstić information content (AvgIpc) is 2.64. The normalized spacial score (nSPS) is 12.0. The molecule has 0 saturated carbocycles. The fraction of sp³-hybridized carbons (Fsp3) is 0.368. The van der Waals surface area contributed by atoms with Gasteiger partial charge in [-0.1, -0.05) is 42.3 Å². The van der Waals surface area contributed by atoms with E-state index in [0.29, 0.717) is 34.7 Å². The molecule has 0 bridgehead atoms. The van der Waals surface area contributed by atoms with Gasteiger partial charge in [-0.2, -0.15) is 0 Å². The molecule has 0 aliphatic heterocycles. The minimum Gasteiger partial charge on any atom is -0.493 e. The van der Waals surface area contributed by atoms with Crippen LogP contribution in [-0.4, -0.2) is 24.9 Å². The van der Waals surface area contributed by atoms with Crippen LogP contribution in [0.1, 0.15) is 24.5 Å². The van der Waals surface area contributed by atoms with Gasteiger partial charge in [0.2, 0.25) is 0 Å². The number of rotatable bonds is 9. The number of aliphatic hydroxyl groups is 1. The van der Waals surface area contributed by atoms with E-state index in [0.717, 1.165) is 17.5 Å². The Balaban J connectivity index is 2.01. The summed E-state index contributed by atoms with van der Waals surface area (Å²) in [5.74, 6) is 1.32. The summed E-state index contributed by atoms with van der Waals surface area (Å²) in [6.07, 6.45) is 0.873. The van der Waals surface area contributed by atoms with Gasteiger partial charge < -0.3 is 19.9 Å². The first-order chi connectivity index (χ1) is 12.1. The van der Waals surface area contributed by atoms with Gasteiger partial charge in [-0.25, -0.2) is 0 Å². The highest BCUT2D eigenvalue weighted by atomic mass is 35.5. The third kappa shape index (κ3) is 5.79. The van der Waals surface area contributed by atoms with E-state index in [9.17, 15) is 5.11 Å². The third-order valence-corrected chi connectivity index (χ3v) is 4.65. The first kappa shape index (κ1) is 19.9. The summed E-state index contributed by atoms with van der Waals surface area (Å²) in [6, 6.07) is 11.3. The van der Waals surface area contributed by atoms with Crippen LogP contribution in [0.5, 0.6) is 11.5 Å². The molecule has 0 radical (unpaired) electrons. The van der Waals surface area contributed by atoms with E-state index in [-0.39, 0.29) is 12.6 Å². The maximum Gasteiger partial charge on any atom is 0.161 e. The molecule has 6 heteroatoms. The highest BCUT2D eigenvalue weighted by Gasteiger charge is 2.09. The summed E-state index contributed by atoms with van der Waals surface area (Å²) < 4.78 is 11.3.